The Balaban J connectivity index is 2.51. The second kappa shape index (κ2) is 5.31. The van der Waals surface area contributed by atoms with Crippen LogP contribution in [-0.2, 0) is 13.0 Å². The molecule has 1 aromatic heterocycles. The van der Waals surface area contributed by atoms with Gasteiger partial charge in [-0.05, 0) is 30.9 Å². The molecule has 4 nitrogen and oxygen atoms in total. The Bertz CT molecular complexity index is 528. The summed E-state index contributed by atoms with van der Waals surface area (Å²) in [6, 6.07) is 8.19. The van der Waals surface area contributed by atoms with Crippen molar-refractivity contribution in [2.45, 2.75) is 33.7 Å². The molecule has 4 heteroatoms. The zero-order valence-corrected chi connectivity index (χ0v) is 11.2. The van der Waals surface area contributed by atoms with Gasteiger partial charge in [0.15, 0.2) is 0 Å². The smallest absolute Gasteiger partial charge is 0.0999 e. The number of hydrogen-bond donors (Lipinski definition) is 1. The molecule has 2 aromatic rings. The van der Waals surface area contributed by atoms with E-state index in [4.69, 9.17) is 5.73 Å². The van der Waals surface area contributed by atoms with Crippen molar-refractivity contribution < 1.29 is 0 Å². The Hall–Kier alpha value is -1.68. The monoisotopic (exact) mass is 244 g/mol. The average Bonchev–Trinajstić information content (AvgIpc) is 2.72. The summed E-state index contributed by atoms with van der Waals surface area (Å²) < 4.78 is 1.93. The number of nitrogens with zero attached hydrogens (tertiary/aromatic N) is 3. The van der Waals surface area contributed by atoms with Crippen LogP contribution in [0.3, 0.4) is 0 Å². The maximum Gasteiger partial charge on any atom is 0.0999 e. The van der Waals surface area contributed by atoms with Crippen LogP contribution in [0.25, 0.3) is 5.69 Å². The molecule has 96 valence electrons. The van der Waals surface area contributed by atoms with Gasteiger partial charge in [0.05, 0.1) is 17.1 Å². The summed E-state index contributed by atoms with van der Waals surface area (Å²) in [6.45, 7) is 6.90. The van der Waals surface area contributed by atoms with Gasteiger partial charge in [0.25, 0.3) is 0 Å². The lowest BCUT2D eigenvalue weighted by Gasteiger charge is -2.11. The van der Waals surface area contributed by atoms with E-state index in [1.807, 2.05) is 16.8 Å². The fourth-order valence-corrected chi connectivity index (χ4v) is 2.08. The molecule has 2 N–H and O–H groups in total. The van der Waals surface area contributed by atoms with Gasteiger partial charge in [-0.1, -0.05) is 37.3 Å². The fraction of sp³-hybridized carbons (Fsp3) is 0.429. The van der Waals surface area contributed by atoms with E-state index in [0.29, 0.717) is 12.5 Å². The second-order valence-electron chi connectivity index (χ2n) is 4.98. The molecule has 0 aliphatic rings. The normalized spacial score (nSPS) is 11.2. The van der Waals surface area contributed by atoms with Gasteiger partial charge in [-0.2, -0.15) is 0 Å². The first-order chi connectivity index (χ1) is 8.63. The highest BCUT2D eigenvalue weighted by atomic mass is 15.4. The second-order valence-corrected chi connectivity index (χ2v) is 4.98. The minimum atomic E-state index is 0.438. The number of hydrogen-bond acceptors (Lipinski definition) is 3. The highest BCUT2D eigenvalue weighted by Gasteiger charge is 2.15. The largest absolute Gasteiger partial charge is 0.325 e. The summed E-state index contributed by atoms with van der Waals surface area (Å²) in [5.74, 6) is 0.552. The lowest BCUT2D eigenvalue weighted by Crippen LogP contribution is -2.10. The first-order valence-corrected chi connectivity index (χ1v) is 6.33. The predicted octanol–water partition coefficient (Wildman–Crippen LogP) is 2.23. The Labute approximate surface area is 108 Å². The van der Waals surface area contributed by atoms with E-state index in [-0.39, 0.29) is 0 Å². The Morgan fingerprint density at radius 3 is 2.61 bits per heavy atom. The topological polar surface area (TPSA) is 56.7 Å². The SMILES string of the molecule is Cc1ccccc1-n1nnc(CN)c1CC(C)C. The molecule has 0 atom stereocenters. The molecule has 0 saturated carbocycles. The molecule has 2 rings (SSSR count). The van der Waals surface area contributed by atoms with Crippen molar-refractivity contribution >= 4 is 0 Å². The maximum atomic E-state index is 5.74. The van der Waals surface area contributed by atoms with Crippen LogP contribution < -0.4 is 5.73 Å². The van der Waals surface area contributed by atoms with Gasteiger partial charge in [-0.3, -0.25) is 0 Å². The summed E-state index contributed by atoms with van der Waals surface area (Å²) in [6.07, 6.45) is 0.938. The summed E-state index contributed by atoms with van der Waals surface area (Å²) in [7, 11) is 0. The first kappa shape index (κ1) is 12.8. The van der Waals surface area contributed by atoms with E-state index in [2.05, 4.69) is 43.2 Å². The van der Waals surface area contributed by atoms with Crippen LogP contribution in [0.2, 0.25) is 0 Å². The maximum absolute atomic E-state index is 5.74. The first-order valence-electron chi connectivity index (χ1n) is 6.33. The minimum absolute atomic E-state index is 0.438. The minimum Gasteiger partial charge on any atom is -0.325 e. The molecule has 1 aromatic carbocycles. The quantitative estimate of drug-likeness (QED) is 0.897. The average molecular weight is 244 g/mol. The zero-order chi connectivity index (χ0) is 13.1. The van der Waals surface area contributed by atoms with E-state index in [0.717, 1.165) is 23.5 Å². The Morgan fingerprint density at radius 2 is 2.00 bits per heavy atom. The molecule has 0 radical (unpaired) electrons. The van der Waals surface area contributed by atoms with E-state index in [1.54, 1.807) is 0 Å². The molecule has 0 amide bonds. The van der Waals surface area contributed by atoms with Gasteiger partial charge in [-0.15, -0.1) is 5.10 Å². The Kier molecular flexibility index (Phi) is 3.77. The number of nitrogens with two attached hydrogens (primary N) is 1. The van der Waals surface area contributed by atoms with E-state index in [9.17, 15) is 0 Å². The molecule has 0 aliphatic heterocycles. The molecule has 0 saturated heterocycles. The van der Waals surface area contributed by atoms with Crippen LogP contribution >= 0.6 is 0 Å². The summed E-state index contributed by atoms with van der Waals surface area (Å²) in [5, 5.41) is 8.45. The van der Waals surface area contributed by atoms with Crippen LogP contribution in [0.4, 0.5) is 0 Å². The third-order valence-corrected chi connectivity index (χ3v) is 2.98. The number of aromatic nitrogens is 3. The number of benzene rings is 1. The van der Waals surface area contributed by atoms with E-state index in [1.165, 1.54) is 5.56 Å². The highest BCUT2D eigenvalue weighted by molar-refractivity contribution is 5.41. The number of para-hydroxylation sites is 1. The van der Waals surface area contributed by atoms with Crippen LogP contribution in [0.1, 0.15) is 30.8 Å². The summed E-state index contributed by atoms with van der Waals surface area (Å²) in [5.41, 5.74) is 10.0. The molecule has 0 spiro atoms. The highest BCUT2D eigenvalue weighted by Crippen LogP contribution is 2.19. The fourth-order valence-electron chi connectivity index (χ4n) is 2.08. The van der Waals surface area contributed by atoms with Crippen molar-refractivity contribution in [2.24, 2.45) is 11.7 Å². The van der Waals surface area contributed by atoms with E-state index < -0.39 is 0 Å². The molecule has 0 unspecified atom stereocenters. The van der Waals surface area contributed by atoms with Crippen molar-refractivity contribution in [3.63, 3.8) is 0 Å². The summed E-state index contributed by atoms with van der Waals surface area (Å²) in [4.78, 5) is 0. The van der Waals surface area contributed by atoms with Crippen molar-refractivity contribution in [3.05, 3.63) is 41.2 Å². The van der Waals surface area contributed by atoms with Gasteiger partial charge in [0, 0.05) is 6.54 Å². The van der Waals surface area contributed by atoms with E-state index >= 15 is 0 Å². The van der Waals surface area contributed by atoms with Gasteiger partial charge >= 0.3 is 0 Å². The lowest BCUT2D eigenvalue weighted by molar-refractivity contribution is 0.610. The molecule has 18 heavy (non-hydrogen) atoms. The van der Waals surface area contributed by atoms with Gasteiger partial charge < -0.3 is 5.73 Å². The molecule has 0 fully saturated rings. The lowest BCUT2D eigenvalue weighted by atomic mass is 10.1. The van der Waals surface area contributed by atoms with Crippen molar-refractivity contribution in [1.29, 1.82) is 0 Å². The molecular formula is C14H20N4. The van der Waals surface area contributed by atoms with Crippen molar-refractivity contribution in [2.75, 3.05) is 0 Å². The van der Waals surface area contributed by atoms with Crippen LogP contribution in [0.15, 0.2) is 24.3 Å². The van der Waals surface area contributed by atoms with Gasteiger partial charge in [-0.25, -0.2) is 4.68 Å². The number of aryl methyl sites for hydroxylation is 1. The van der Waals surface area contributed by atoms with Crippen LogP contribution in [0, 0.1) is 12.8 Å². The summed E-state index contributed by atoms with van der Waals surface area (Å²) >= 11 is 0. The molecule has 0 bridgehead atoms. The third kappa shape index (κ3) is 2.43. The van der Waals surface area contributed by atoms with Crippen LogP contribution in [-0.4, -0.2) is 15.0 Å². The Morgan fingerprint density at radius 1 is 1.28 bits per heavy atom. The molecular weight excluding hydrogens is 224 g/mol. The third-order valence-electron chi connectivity index (χ3n) is 2.98. The molecule has 0 aliphatic carbocycles. The number of rotatable bonds is 4. The van der Waals surface area contributed by atoms with Gasteiger partial charge in [0.2, 0.25) is 0 Å². The predicted molar refractivity (Wildman–Crippen MR) is 72.5 cm³/mol. The van der Waals surface area contributed by atoms with Crippen molar-refractivity contribution in [1.82, 2.24) is 15.0 Å². The zero-order valence-electron chi connectivity index (χ0n) is 11.2. The van der Waals surface area contributed by atoms with Crippen molar-refractivity contribution in [3.8, 4) is 5.69 Å². The van der Waals surface area contributed by atoms with Gasteiger partial charge in [0.1, 0.15) is 0 Å². The van der Waals surface area contributed by atoms with Crippen LogP contribution in [0.5, 0.6) is 0 Å². The standard InChI is InChI=1S/C14H20N4/c1-10(2)8-14-12(9-15)16-17-18(14)13-7-5-4-6-11(13)3/h4-7,10H,8-9,15H2,1-3H3. The molecule has 1 heterocycles.